The molecular formula is C15H21N3O3. The van der Waals surface area contributed by atoms with Gasteiger partial charge in [0.05, 0.1) is 6.42 Å². The zero-order valence-corrected chi connectivity index (χ0v) is 12.2. The third-order valence-corrected chi connectivity index (χ3v) is 3.56. The molecule has 6 nitrogen and oxygen atoms in total. The van der Waals surface area contributed by atoms with E-state index in [4.69, 9.17) is 10.5 Å². The van der Waals surface area contributed by atoms with Crippen molar-refractivity contribution in [1.82, 2.24) is 9.80 Å². The Morgan fingerprint density at radius 2 is 1.76 bits per heavy atom. The lowest BCUT2D eigenvalue weighted by Crippen LogP contribution is -2.51. The number of piperazine rings is 1. The van der Waals surface area contributed by atoms with Crippen molar-refractivity contribution < 1.29 is 14.3 Å². The number of hydrogen-bond acceptors (Lipinski definition) is 4. The van der Waals surface area contributed by atoms with Crippen LogP contribution in [0.15, 0.2) is 24.3 Å². The first kappa shape index (κ1) is 15.3. The Labute approximate surface area is 124 Å². The molecule has 1 aliphatic heterocycles. The minimum atomic E-state index is -0.0274. The first-order valence-corrected chi connectivity index (χ1v) is 6.99. The Morgan fingerprint density at radius 3 is 2.33 bits per heavy atom. The van der Waals surface area contributed by atoms with Crippen molar-refractivity contribution in [3.05, 3.63) is 29.8 Å². The molecule has 1 aromatic rings. The Balaban J connectivity index is 1.84. The SMILES string of the molecule is COCC(=O)N1CCN(C(=O)Cc2cccc(N)c2)CC1. The summed E-state index contributed by atoms with van der Waals surface area (Å²) in [6.07, 6.45) is 0.344. The third-order valence-electron chi connectivity index (χ3n) is 3.56. The highest BCUT2D eigenvalue weighted by molar-refractivity contribution is 5.80. The molecule has 0 radical (unpaired) electrons. The normalized spacial score (nSPS) is 15.1. The maximum atomic E-state index is 12.2. The number of methoxy groups -OCH3 is 1. The number of carbonyl (C=O) groups is 2. The summed E-state index contributed by atoms with van der Waals surface area (Å²) in [7, 11) is 1.50. The summed E-state index contributed by atoms with van der Waals surface area (Å²) >= 11 is 0. The molecule has 0 aromatic heterocycles. The van der Waals surface area contributed by atoms with E-state index in [-0.39, 0.29) is 18.4 Å². The molecule has 1 saturated heterocycles. The Bertz CT molecular complexity index is 511. The van der Waals surface area contributed by atoms with Gasteiger partial charge in [-0.3, -0.25) is 9.59 Å². The zero-order valence-electron chi connectivity index (χ0n) is 12.2. The molecule has 0 saturated carbocycles. The molecule has 0 bridgehead atoms. The van der Waals surface area contributed by atoms with Crippen LogP contribution in [0.3, 0.4) is 0 Å². The highest BCUT2D eigenvalue weighted by Gasteiger charge is 2.23. The fourth-order valence-corrected chi connectivity index (χ4v) is 2.41. The van der Waals surface area contributed by atoms with E-state index in [9.17, 15) is 9.59 Å². The van der Waals surface area contributed by atoms with E-state index < -0.39 is 0 Å². The number of amides is 2. The molecule has 0 atom stereocenters. The van der Waals surface area contributed by atoms with Crippen LogP contribution in [0.5, 0.6) is 0 Å². The maximum Gasteiger partial charge on any atom is 0.248 e. The van der Waals surface area contributed by atoms with E-state index in [1.165, 1.54) is 7.11 Å². The van der Waals surface area contributed by atoms with Crippen molar-refractivity contribution >= 4 is 17.5 Å². The minimum absolute atomic E-state index is 0.0274. The van der Waals surface area contributed by atoms with Gasteiger partial charge in [-0.15, -0.1) is 0 Å². The van der Waals surface area contributed by atoms with Crippen molar-refractivity contribution in [3.63, 3.8) is 0 Å². The fourth-order valence-electron chi connectivity index (χ4n) is 2.41. The zero-order chi connectivity index (χ0) is 15.2. The number of ether oxygens (including phenoxy) is 1. The Hall–Kier alpha value is -2.08. The first-order chi connectivity index (χ1) is 10.1. The summed E-state index contributed by atoms with van der Waals surface area (Å²) in [5.74, 6) is 0.0415. The number of anilines is 1. The summed E-state index contributed by atoms with van der Waals surface area (Å²) in [6, 6.07) is 7.36. The summed E-state index contributed by atoms with van der Waals surface area (Å²) < 4.78 is 4.84. The lowest BCUT2D eigenvalue weighted by molar-refractivity contribution is -0.141. The van der Waals surface area contributed by atoms with Gasteiger partial charge < -0.3 is 20.3 Å². The molecule has 114 valence electrons. The lowest BCUT2D eigenvalue weighted by Gasteiger charge is -2.34. The highest BCUT2D eigenvalue weighted by Crippen LogP contribution is 2.10. The van der Waals surface area contributed by atoms with Gasteiger partial charge in [0.15, 0.2) is 0 Å². The summed E-state index contributed by atoms with van der Waals surface area (Å²) in [6.45, 7) is 2.35. The Morgan fingerprint density at radius 1 is 1.14 bits per heavy atom. The van der Waals surface area contributed by atoms with Gasteiger partial charge in [0.1, 0.15) is 6.61 Å². The summed E-state index contributed by atoms with van der Waals surface area (Å²) in [5, 5.41) is 0. The van der Waals surface area contributed by atoms with Gasteiger partial charge in [-0.1, -0.05) is 12.1 Å². The second-order valence-electron chi connectivity index (χ2n) is 5.12. The van der Waals surface area contributed by atoms with Gasteiger partial charge in [-0.2, -0.15) is 0 Å². The number of rotatable bonds is 4. The lowest BCUT2D eigenvalue weighted by atomic mass is 10.1. The highest BCUT2D eigenvalue weighted by atomic mass is 16.5. The molecule has 1 aromatic carbocycles. The largest absolute Gasteiger partial charge is 0.399 e. The van der Waals surface area contributed by atoms with Crippen molar-refractivity contribution in [3.8, 4) is 0 Å². The van der Waals surface area contributed by atoms with Crippen molar-refractivity contribution in [1.29, 1.82) is 0 Å². The van der Waals surface area contributed by atoms with E-state index in [1.54, 1.807) is 15.9 Å². The number of nitrogen functional groups attached to an aromatic ring is 1. The first-order valence-electron chi connectivity index (χ1n) is 6.99. The number of benzene rings is 1. The molecule has 0 aliphatic carbocycles. The van der Waals surface area contributed by atoms with E-state index in [1.807, 2.05) is 18.2 Å². The average Bonchev–Trinajstić information content (AvgIpc) is 2.47. The standard InChI is InChI=1S/C15H21N3O3/c1-21-11-15(20)18-7-5-17(6-8-18)14(19)10-12-3-2-4-13(16)9-12/h2-4,9H,5-8,10-11,16H2,1H3. The van der Waals surface area contributed by atoms with Crippen molar-refractivity contribution in [2.45, 2.75) is 6.42 Å². The summed E-state index contributed by atoms with van der Waals surface area (Å²) in [4.78, 5) is 27.4. The van der Waals surface area contributed by atoms with Crippen molar-refractivity contribution in [2.24, 2.45) is 0 Å². The molecule has 2 rings (SSSR count). The van der Waals surface area contributed by atoms with Crippen LogP contribution in [-0.2, 0) is 20.7 Å². The fraction of sp³-hybridized carbons (Fsp3) is 0.467. The molecule has 1 aliphatic rings. The van der Waals surface area contributed by atoms with Crippen LogP contribution < -0.4 is 5.73 Å². The van der Waals surface area contributed by atoms with Crippen LogP contribution in [0, 0.1) is 0 Å². The second kappa shape index (κ2) is 7.08. The molecule has 2 N–H and O–H groups in total. The summed E-state index contributed by atoms with van der Waals surface area (Å²) in [5.41, 5.74) is 7.29. The number of hydrogen-bond donors (Lipinski definition) is 1. The van der Waals surface area contributed by atoms with Crippen LogP contribution in [0.4, 0.5) is 5.69 Å². The van der Waals surface area contributed by atoms with E-state index in [2.05, 4.69) is 0 Å². The van der Waals surface area contributed by atoms with E-state index in [0.717, 1.165) is 5.56 Å². The molecule has 0 spiro atoms. The van der Waals surface area contributed by atoms with Crippen molar-refractivity contribution in [2.75, 3.05) is 45.6 Å². The van der Waals surface area contributed by atoms with E-state index >= 15 is 0 Å². The molecule has 6 heteroatoms. The van der Waals surface area contributed by atoms with Gasteiger partial charge in [0.2, 0.25) is 11.8 Å². The average molecular weight is 291 g/mol. The number of nitrogens with zero attached hydrogens (tertiary/aromatic N) is 2. The van der Waals surface area contributed by atoms with E-state index in [0.29, 0.717) is 38.3 Å². The minimum Gasteiger partial charge on any atom is -0.399 e. The van der Waals surface area contributed by atoms with Crippen LogP contribution in [0.25, 0.3) is 0 Å². The predicted octanol–water partition coefficient (Wildman–Crippen LogP) is 0.129. The molecular weight excluding hydrogens is 270 g/mol. The molecule has 0 unspecified atom stereocenters. The Kier molecular flexibility index (Phi) is 5.16. The number of carbonyl (C=O) groups excluding carboxylic acids is 2. The van der Waals surface area contributed by atoms with Gasteiger partial charge in [-0.05, 0) is 17.7 Å². The number of nitrogens with two attached hydrogens (primary N) is 1. The topological polar surface area (TPSA) is 75.9 Å². The smallest absolute Gasteiger partial charge is 0.248 e. The van der Waals surface area contributed by atoms with Gasteiger partial charge >= 0.3 is 0 Å². The second-order valence-corrected chi connectivity index (χ2v) is 5.12. The third kappa shape index (κ3) is 4.19. The van der Waals surface area contributed by atoms with Gasteiger partial charge in [0, 0.05) is 39.0 Å². The van der Waals surface area contributed by atoms with Gasteiger partial charge in [-0.25, -0.2) is 0 Å². The van der Waals surface area contributed by atoms with Crippen LogP contribution in [0.1, 0.15) is 5.56 Å². The molecule has 1 heterocycles. The molecule has 21 heavy (non-hydrogen) atoms. The quantitative estimate of drug-likeness (QED) is 0.800. The van der Waals surface area contributed by atoms with Crippen LogP contribution >= 0.6 is 0 Å². The van der Waals surface area contributed by atoms with Crippen LogP contribution in [0.2, 0.25) is 0 Å². The maximum absolute atomic E-state index is 12.2. The van der Waals surface area contributed by atoms with Gasteiger partial charge in [0.25, 0.3) is 0 Å². The predicted molar refractivity (Wildman–Crippen MR) is 79.6 cm³/mol. The molecule has 2 amide bonds. The van der Waals surface area contributed by atoms with Crippen LogP contribution in [-0.4, -0.2) is 61.5 Å². The monoisotopic (exact) mass is 291 g/mol. The molecule has 1 fully saturated rings.